The van der Waals surface area contributed by atoms with Crippen LogP contribution in [0.3, 0.4) is 0 Å². The van der Waals surface area contributed by atoms with E-state index in [0.29, 0.717) is 31.9 Å². The van der Waals surface area contributed by atoms with E-state index in [1.807, 2.05) is 0 Å². The number of nitrogens with two attached hydrogens (primary N) is 1. The van der Waals surface area contributed by atoms with E-state index in [4.69, 9.17) is 52.1 Å². The Morgan fingerprint density at radius 1 is 1.00 bits per heavy atom. The molecule has 0 saturated carbocycles. The number of nitrogen functional groups attached to an aromatic ring is 1. The fourth-order valence-electron chi connectivity index (χ4n) is 1.38. The summed E-state index contributed by atoms with van der Waals surface area (Å²) in [6.45, 7) is 0. The van der Waals surface area contributed by atoms with Gasteiger partial charge in [-0.1, -0.05) is 46.4 Å². The maximum absolute atomic E-state index is 6.10. The van der Waals surface area contributed by atoms with E-state index in [1.54, 1.807) is 24.4 Å². The minimum Gasteiger partial charge on any atom is -0.396 e. The summed E-state index contributed by atoms with van der Waals surface area (Å²) in [6, 6.07) is 4.94. The van der Waals surface area contributed by atoms with Crippen LogP contribution in [0.2, 0.25) is 20.2 Å². The standard InChI is InChI=1S/C11H6Cl4N2/c12-6-2-7(10(14)8(13)3-6)5-1-9(16)11(15)17-4-5/h1-4H,16H2. The van der Waals surface area contributed by atoms with Gasteiger partial charge < -0.3 is 5.73 Å². The lowest BCUT2D eigenvalue weighted by molar-refractivity contribution is 1.33. The Balaban J connectivity index is 2.64. The highest BCUT2D eigenvalue weighted by Crippen LogP contribution is 2.37. The van der Waals surface area contributed by atoms with Crippen LogP contribution in [-0.2, 0) is 0 Å². The Bertz CT molecular complexity index is 584. The zero-order valence-corrected chi connectivity index (χ0v) is 11.4. The van der Waals surface area contributed by atoms with Crippen molar-refractivity contribution >= 4 is 52.1 Å². The molecule has 2 aromatic rings. The molecule has 1 aromatic heterocycles. The van der Waals surface area contributed by atoms with Gasteiger partial charge in [-0.05, 0) is 18.2 Å². The van der Waals surface area contributed by atoms with Crippen LogP contribution in [0.5, 0.6) is 0 Å². The first-order valence-electron chi connectivity index (χ1n) is 4.55. The first-order chi connectivity index (χ1) is 7.99. The molecule has 0 spiro atoms. The van der Waals surface area contributed by atoms with Crippen LogP contribution in [0.1, 0.15) is 0 Å². The molecular weight excluding hydrogens is 302 g/mol. The first-order valence-corrected chi connectivity index (χ1v) is 6.06. The third-order valence-corrected chi connectivity index (χ3v) is 3.51. The molecule has 1 heterocycles. The van der Waals surface area contributed by atoms with Crippen molar-refractivity contribution < 1.29 is 0 Å². The summed E-state index contributed by atoms with van der Waals surface area (Å²) in [7, 11) is 0. The molecule has 0 bridgehead atoms. The molecular formula is C11H6Cl4N2. The monoisotopic (exact) mass is 306 g/mol. The van der Waals surface area contributed by atoms with Crippen LogP contribution >= 0.6 is 46.4 Å². The SMILES string of the molecule is Nc1cc(-c2cc(Cl)cc(Cl)c2Cl)cnc1Cl. The fourth-order valence-corrected chi connectivity index (χ4v) is 2.19. The van der Waals surface area contributed by atoms with Gasteiger partial charge in [-0.25, -0.2) is 4.98 Å². The lowest BCUT2D eigenvalue weighted by atomic mass is 10.1. The smallest absolute Gasteiger partial charge is 0.151 e. The molecule has 0 aliphatic heterocycles. The van der Waals surface area contributed by atoms with Gasteiger partial charge in [-0.15, -0.1) is 0 Å². The molecule has 0 aliphatic carbocycles. The van der Waals surface area contributed by atoms with Crippen LogP contribution < -0.4 is 5.73 Å². The van der Waals surface area contributed by atoms with Crippen LogP contribution in [0.15, 0.2) is 24.4 Å². The van der Waals surface area contributed by atoms with Crippen LogP contribution in [-0.4, -0.2) is 4.98 Å². The summed E-state index contributed by atoms with van der Waals surface area (Å²) in [5.74, 6) is 0. The van der Waals surface area contributed by atoms with Crippen LogP contribution in [0.4, 0.5) is 5.69 Å². The van der Waals surface area contributed by atoms with E-state index in [-0.39, 0.29) is 5.15 Å². The third kappa shape index (κ3) is 2.61. The molecule has 0 aliphatic rings. The molecule has 2 rings (SSSR count). The molecule has 0 radical (unpaired) electrons. The summed E-state index contributed by atoms with van der Waals surface area (Å²) in [5.41, 5.74) is 7.43. The maximum Gasteiger partial charge on any atom is 0.151 e. The second-order valence-corrected chi connectivity index (χ2v) is 4.93. The van der Waals surface area contributed by atoms with Crippen molar-refractivity contribution in [2.24, 2.45) is 0 Å². The van der Waals surface area contributed by atoms with Gasteiger partial charge >= 0.3 is 0 Å². The lowest BCUT2D eigenvalue weighted by Gasteiger charge is -2.08. The average molecular weight is 308 g/mol. The maximum atomic E-state index is 6.10. The minimum atomic E-state index is 0.248. The van der Waals surface area contributed by atoms with Crippen molar-refractivity contribution in [1.82, 2.24) is 4.98 Å². The largest absolute Gasteiger partial charge is 0.396 e. The van der Waals surface area contributed by atoms with Gasteiger partial charge in [0, 0.05) is 22.3 Å². The number of benzene rings is 1. The Labute approximate surface area is 118 Å². The second kappa shape index (κ2) is 4.91. The van der Waals surface area contributed by atoms with Gasteiger partial charge in [0.2, 0.25) is 0 Å². The number of halogens is 4. The van der Waals surface area contributed by atoms with Gasteiger partial charge in [0.25, 0.3) is 0 Å². The summed E-state index contributed by atoms with van der Waals surface area (Å²) < 4.78 is 0. The molecule has 2 nitrogen and oxygen atoms in total. The normalized spacial score (nSPS) is 10.6. The van der Waals surface area contributed by atoms with Gasteiger partial charge in [0.05, 0.1) is 15.7 Å². The molecule has 17 heavy (non-hydrogen) atoms. The van der Waals surface area contributed by atoms with Gasteiger partial charge in [-0.2, -0.15) is 0 Å². The molecule has 1 aromatic carbocycles. The van der Waals surface area contributed by atoms with E-state index < -0.39 is 0 Å². The van der Waals surface area contributed by atoms with Crippen molar-refractivity contribution in [3.05, 3.63) is 44.6 Å². The highest BCUT2D eigenvalue weighted by molar-refractivity contribution is 6.45. The minimum absolute atomic E-state index is 0.248. The lowest BCUT2D eigenvalue weighted by Crippen LogP contribution is -1.91. The number of anilines is 1. The Morgan fingerprint density at radius 2 is 1.71 bits per heavy atom. The summed E-state index contributed by atoms with van der Waals surface area (Å²) in [4.78, 5) is 3.95. The summed E-state index contributed by atoms with van der Waals surface area (Å²) in [5, 5.41) is 1.52. The molecule has 0 saturated heterocycles. The highest BCUT2D eigenvalue weighted by atomic mass is 35.5. The number of nitrogens with zero attached hydrogens (tertiary/aromatic N) is 1. The summed E-state index contributed by atoms with van der Waals surface area (Å²) in [6.07, 6.45) is 1.56. The number of hydrogen-bond donors (Lipinski definition) is 1. The highest BCUT2D eigenvalue weighted by Gasteiger charge is 2.10. The molecule has 0 atom stereocenters. The Kier molecular flexibility index (Phi) is 3.69. The van der Waals surface area contributed by atoms with Crippen molar-refractivity contribution in [3.8, 4) is 11.1 Å². The van der Waals surface area contributed by atoms with Crippen molar-refractivity contribution in [1.29, 1.82) is 0 Å². The second-order valence-electron chi connectivity index (χ2n) is 3.35. The van der Waals surface area contributed by atoms with Crippen LogP contribution in [0.25, 0.3) is 11.1 Å². The van der Waals surface area contributed by atoms with Gasteiger partial charge in [0.15, 0.2) is 5.15 Å². The van der Waals surface area contributed by atoms with E-state index >= 15 is 0 Å². The Morgan fingerprint density at radius 3 is 2.35 bits per heavy atom. The topological polar surface area (TPSA) is 38.9 Å². The van der Waals surface area contributed by atoms with E-state index in [0.717, 1.165) is 0 Å². The number of rotatable bonds is 1. The third-order valence-electron chi connectivity index (χ3n) is 2.17. The van der Waals surface area contributed by atoms with E-state index in [9.17, 15) is 0 Å². The zero-order valence-electron chi connectivity index (χ0n) is 8.35. The van der Waals surface area contributed by atoms with Crippen molar-refractivity contribution in [3.63, 3.8) is 0 Å². The predicted octanol–water partition coefficient (Wildman–Crippen LogP) is 4.94. The first kappa shape index (κ1) is 12.8. The molecule has 0 fully saturated rings. The van der Waals surface area contributed by atoms with Crippen molar-refractivity contribution in [2.45, 2.75) is 0 Å². The summed E-state index contributed by atoms with van der Waals surface area (Å²) >= 11 is 23.7. The number of aromatic nitrogens is 1. The number of hydrogen-bond acceptors (Lipinski definition) is 2. The van der Waals surface area contributed by atoms with Crippen LogP contribution in [0, 0.1) is 0 Å². The molecule has 0 unspecified atom stereocenters. The van der Waals surface area contributed by atoms with Gasteiger partial charge in [-0.3, -0.25) is 0 Å². The molecule has 2 N–H and O–H groups in total. The molecule has 0 amide bonds. The van der Waals surface area contributed by atoms with Crippen molar-refractivity contribution in [2.75, 3.05) is 5.73 Å². The molecule has 6 heteroatoms. The fraction of sp³-hybridized carbons (Fsp3) is 0. The predicted molar refractivity (Wildman–Crippen MR) is 74.1 cm³/mol. The van der Waals surface area contributed by atoms with E-state index in [2.05, 4.69) is 4.98 Å². The number of pyridine rings is 1. The molecule has 88 valence electrons. The quantitative estimate of drug-likeness (QED) is 0.598. The van der Waals surface area contributed by atoms with Gasteiger partial charge in [0.1, 0.15) is 0 Å². The Hall–Kier alpha value is -0.670. The average Bonchev–Trinajstić information content (AvgIpc) is 2.27. The zero-order chi connectivity index (χ0) is 12.6. The van der Waals surface area contributed by atoms with E-state index in [1.165, 1.54) is 0 Å².